The van der Waals surface area contributed by atoms with Crippen LogP contribution in [-0.4, -0.2) is 33.1 Å². The molecule has 1 aliphatic heterocycles. The summed E-state index contributed by atoms with van der Waals surface area (Å²) in [5.74, 6) is 0.462. The van der Waals surface area contributed by atoms with Gasteiger partial charge in [-0.15, -0.1) is 12.4 Å². The van der Waals surface area contributed by atoms with Crippen molar-refractivity contribution in [2.24, 2.45) is 0 Å². The molecule has 0 fully saturated rings. The number of fused-ring (bicyclic) bond motifs is 1. The molecular weight excluding hydrogens is 300 g/mol. The summed E-state index contributed by atoms with van der Waals surface area (Å²) in [4.78, 5) is 10.3. The lowest BCUT2D eigenvalue weighted by Crippen LogP contribution is -2.53. The Morgan fingerprint density at radius 3 is 2.62 bits per heavy atom. The van der Waals surface area contributed by atoms with E-state index in [1.807, 2.05) is 0 Å². The van der Waals surface area contributed by atoms with Crippen LogP contribution in [0.3, 0.4) is 0 Å². The molecule has 0 saturated heterocycles. The fraction of sp³-hybridized carbons (Fsp3) is 0.538. The summed E-state index contributed by atoms with van der Waals surface area (Å²) in [6, 6.07) is 3.58. The topological polar surface area (TPSA) is 105 Å². The molecule has 1 heterocycles. The molecule has 21 heavy (non-hydrogen) atoms. The molecule has 2 rings (SSSR count). The second-order valence-electron chi connectivity index (χ2n) is 5.45. The predicted octanol–water partition coefficient (Wildman–Crippen LogP) is 1.52. The largest absolute Gasteiger partial charge is 0.485 e. The van der Waals surface area contributed by atoms with E-state index in [0.717, 1.165) is 0 Å². The van der Waals surface area contributed by atoms with Crippen molar-refractivity contribution in [2.75, 3.05) is 0 Å². The van der Waals surface area contributed by atoms with E-state index in [2.05, 4.69) is 5.32 Å². The number of nitrogens with one attached hydrogen (secondary N) is 1. The van der Waals surface area contributed by atoms with E-state index in [1.165, 1.54) is 25.1 Å². The molecule has 1 aromatic carbocycles. The number of nitro benzene ring substituents is 1. The molecule has 3 N–H and O–H groups in total. The van der Waals surface area contributed by atoms with Crippen molar-refractivity contribution in [1.29, 1.82) is 0 Å². The number of nitro groups is 1. The van der Waals surface area contributed by atoms with E-state index in [1.54, 1.807) is 13.8 Å². The third-order valence-corrected chi connectivity index (χ3v) is 3.36. The first-order chi connectivity index (χ1) is 9.22. The zero-order valence-electron chi connectivity index (χ0n) is 11.9. The molecule has 8 heteroatoms. The van der Waals surface area contributed by atoms with Crippen molar-refractivity contribution >= 4 is 18.1 Å². The van der Waals surface area contributed by atoms with Gasteiger partial charge in [-0.05, 0) is 26.8 Å². The van der Waals surface area contributed by atoms with Crippen molar-refractivity contribution in [1.82, 2.24) is 5.32 Å². The van der Waals surface area contributed by atoms with Gasteiger partial charge >= 0.3 is 0 Å². The molecule has 1 aliphatic rings. The Labute approximate surface area is 128 Å². The quantitative estimate of drug-likeness (QED) is 0.443. The van der Waals surface area contributed by atoms with Crippen LogP contribution < -0.4 is 10.1 Å². The highest BCUT2D eigenvalue weighted by Gasteiger charge is 2.43. The van der Waals surface area contributed by atoms with Crippen LogP contribution >= 0.6 is 12.4 Å². The van der Waals surface area contributed by atoms with Crippen LogP contribution in [0, 0.1) is 10.1 Å². The number of aliphatic hydroxyl groups is 2. The minimum atomic E-state index is -0.952. The van der Waals surface area contributed by atoms with Gasteiger partial charge in [0.25, 0.3) is 5.69 Å². The number of aliphatic hydroxyl groups excluding tert-OH is 2. The van der Waals surface area contributed by atoms with Gasteiger partial charge in [-0.3, -0.25) is 15.4 Å². The number of benzene rings is 1. The minimum absolute atomic E-state index is 0. The number of hydrogen-bond acceptors (Lipinski definition) is 6. The first-order valence-corrected chi connectivity index (χ1v) is 6.32. The number of rotatable bonds is 3. The van der Waals surface area contributed by atoms with Gasteiger partial charge in [0.05, 0.1) is 11.0 Å². The highest BCUT2D eigenvalue weighted by molar-refractivity contribution is 5.85. The Morgan fingerprint density at radius 2 is 2.10 bits per heavy atom. The smallest absolute Gasteiger partial charge is 0.270 e. The lowest BCUT2D eigenvalue weighted by atomic mass is 9.86. The highest BCUT2D eigenvalue weighted by Crippen LogP contribution is 2.41. The normalized spacial score (nSPS) is 24.2. The van der Waals surface area contributed by atoms with E-state index in [9.17, 15) is 20.3 Å². The Balaban J connectivity index is 0.00000220. The molecule has 0 amide bonds. The monoisotopic (exact) mass is 318 g/mol. The number of halogens is 1. The zero-order chi connectivity index (χ0) is 15.1. The molecule has 0 saturated carbocycles. The van der Waals surface area contributed by atoms with Gasteiger partial charge in [0.1, 0.15) is 23.7 Å². The minimum Gasteiger partial charge on any atom is -0.485 e. The maximum atomic E-state index is 10.9. The molecule has 118 valence electrons. The molecule has 1 aromatic rings. The van der Waals surface area contributed by atoms with Crippen LogP contribution in [-0.2, 0) is 0 Å². The van der Waals surface area contributed by atoms with Crippen molar-refractivity contribution in [3.8, 4) is 5.75 Å². The zero-order valence-corrected chi connectivity index (χ0v) is 12.8. The highest BCUT2D eigenvalue weighted by atomic mass is 35.5. The first kappa shape index (κ1) is 17.6. The summed E-state index contributed by atoms with van der Waals surface area (Å²) in [5, 5.41) is 33.5. The summed E-state index contributed by atoms with van der Waals surface area (Å²) < 4.78 is 5.68. The van der Waals surface area contributed by atoms with Crippen LogP contribution in [0.5, 0.6) is 5.75 Å². The van der Waals surface area contributed by atoms with Crippen molar-refractivity contribution in [3.05, 3.63) is 33.9 Å². The van der Waals surface area contributed by atoms with Gasteiger partial charge in [-0.1, -0.05) is 0 Å². The molecule has 1 unspecified atom stereocenters. The average Bonchev–Trinajstić information content (AvgIpc) is 2.33. The van der Waals surface area contributed by atoms with Crippen LogP contribution in [0.15, 0.2) is 18.2 Å². The van der Waals surface area contributed by atoms with Crippen LogP contribution in [0.4, 0.5) is 5.69 Å². The number of non-ortho nitro benzene ring substituents is 1. The summed E-state index contributed by atoms with van der Waals surface area (Å²) in [6.07, 6.45) is -1.82. The van der Waals surface area contributed by atoms with E-state index >= 15 is 0 Å². The average molecular weight is 319 g/mol. The van der Waals surface area contributed by atoms with Crippen LogP contribution in [0.25, 0.3) is 0 Å². The summed E-state index contributed by atoms with van der Waals surface area (Å²) in [5.41, 5.74) is -0.487. The van der Waals surface area contributed by atoms with E-state index in [-0.39, 0.29) is 18.1 Å². The molecule has 0 spiro atoms. The van der Waals surface area contributed by atoms with Crippen LogP contribution in [0.1, 0.15) is 32.4 Å². The molecule has 0 bridgehead atoms. The Morgan fingerprint density at radius 1 is 1.48 bits per heavy atom. The van der Waals surface area contributed by atoms with Crippen LogP contribution in [0.2, 0.25) is 0 Å². The molecular formula is C13H19ClN2O5. The van der Waals surface area contributed by atoms with E-state index < -0.39 is 28.9 Å². The number of nitrogens with zero attached hydrogens (tertiary/aromatic N) is 1. The number of ether oxygens (including phenoxy) is 1. The first-order valence-electron chi connectivity index (χ1n) is 6.32. The fourth-order valence-corrected chi connectivity index (χ4v) is 2.34. The second kappa shape index (κ2) is 6.15. The van der Waals surface area contributed by atoms with E-state index in [4.69, 9.17) is 4.74 Å². The van der Waals surface area contributed by atoms with Crippen molar-refractivity contribution < 1.29 is 19.9 Å². The molecule has 0 radical (unpaired) electrons. The predicted molar refractivity (Wildman–Crippen MR) is 78.6 cm³/mol. The summed E-state index contributed by atoms with van der Waals surface area (Å²) in [7, 11) is 0. The maximum Gasteiger partial charge on any atom is 0.270 e. The standard InChI is InChI=1S/C13H18N2O5.ClH/c1-7(16)14-11-9-6-8(15(18)19)4-5-10(9)20-13(2,3)12(11)17;/h4-7,11-12,14,16-17H,1-3H3;1H/t7?,11-,12+;/m0./s1. The SMILES string of the molecule is CC(O)N[C@H]1c2cc([N+](=O)[O-])ccc2OC(C)(C)[C@@H]1O.Cl. The molecule has 0 aliphatic carbocycles. The Hall–Kier alpha value is -1.41. The van der Waals surface area contributed by atoms with Gasteiger partial charge < -0.3 is 14.9 Å². The molecule has 7 nitrogen and oxygen atoms in total. The molecule has 3 atom stereocenters. The Bertz CT molecular complexity index is 535. The van der Waals surface area contributed by atoms with Gasteiger partial charge in [-0.25, -0.2) is 0 Å². The third kappa shape index (κ3) is 3.44. The van der Waals surface area contributed by atoms with Gasteiger partial charge in [-0.2, -0.15) is 0 Å². The third-order valence-electron chi connectivity index (χ3n) is 3.36. The summed E-state index contributed by atoms with van der Waals surface area (Å²) in [6.45, 7) is 4.96. The van der Waals surface area contributed by atoms with Gasteiger partial charge in [0.2, 0.25) is 0 Å². The lowest BCUT2D eigenvalue weighted by molar-refractivity contribution is -0.385. The second-order valence-corrected chi connectivity index (χ2v) is 5.45. The van der Waals surface area contributed by atoms with Crippen molar-refractivity contribution in [3.63, 3.8) is 0 Å². The number of hydrogen-bond donors (Lipinski definition) is 3. The van der Waals surface area contributed by atoms with E-state index in [0.29, 0.717) is 11.3 Å². The van der Waals surface area contributed by atoms with Gasteiger partial charge in [0, 0.05) is 17.7 Å². The fourth-order valence-electron chi connectivity index (χ4n) is 2.34. The Kier molecular flexibility index (Phi) is 5.16. The molecule has 0 aromatic heterocycles. The lowest BCUT2D eigenvalue weighted by Gasteiger charge is -2.42. The van der Waals surface area contributed by atoms with Gasteiger partial charge in [0.15, 0.2) is 0 Å². The maximum absolute atomic E-state index is 10.9. The summed E-state index contributed by atoms with van der Waals surface area (Å²) >= 11 is 0. The van der Waals surface area contributed by atoms with Crippen molar-refractivity contribution in [2.45, 2.75) is 44.7 Å².